The first-order valence-corrected chi connectivity index (χ1v) is 11.8. The zero-order valence-corrected chi connectivity index (χ0v) is 19.5. The van der Waals surface area contributed by atoms with Crippen LogP contribution >= 0.6 is 0 Å². The number of fused-ring (bicyclic) bond motifs is 3. The van der Waals surface area contributed by atoms with Crippen LogP contribution < -0.4 is 10.1 Å². The Morgan fingerprint density at radius 1 is 1.21 bits per heavy atom. The summed E-state index contributed by atoms with van der Waals surface area (Å²) in [7, 11) is 1.62. The lowest BCUT2D eigenvalue weighted by molar-refractivity contribution is -0.134. The summed E-state index contributed by atoms with van der Waals surface area (Å²) in [6, 6.07) is 11.5. The summed E-state index contributed by atoms with van der Waals surface area (Å²) in [6.07, 6.45) is 5.45. The fourth-order valence-corrected chi connectivity index (χ4v) is 5.30. The second kappa shape index (κ2) is 8.28. The van der Waals surface area contributed by atoms with Gasteiger partial charge in [0.05, 0.1) is 25.7 Å². The van der Waals surface area contributed by atoms with Gasteiger partial charge in [-0.05, 0) is 32.8 Å². The van der Waals surface area contributed by atoms with Crippen molar-refractivity contribution in [1.29, 1.82) is 0 Å². The van der Waals surface area contributed by atoms with E-state index in [1.807, 2.05) is 48.7 Å². The maximum absolute atomic E-state index is 13.8. The number of carbonyl (C=O) groups is 2. The van der Waals surface area contributed by atoms with E-state index >= 15 is 0 Å². The number of ether oxygens (including phenoxy) is 1. The number of rotatable bonds is 5. The Bertz CT molecular complexity index is 1200. The van der Waals surface area contributed by atoms with Crippen molar-refractivity contribution < 1.29 is 18.7 Å². The van der Waals surface area contributed by atoms with Gasteiger partial charge in [-0.2, -0.15) is 0 Å². The Morgan fingerprint density at radius 2 is 1.97 bits per heavy atom. The molecule has 0 spiro atoms. The molecule has 0 radical (unpaired) electrons. The average Bonchev–Trinajstić information content (AvgIpc) is 3.34. The second-order valence-electron chi connectivity index (χ2n) is 9.51. The molecule has 2 aromatic heterocycles. The maximum Gasteiger partial charge on any atom is 0.271 e. The molecule has 1 saturated carbocycles. The van der Waals surface area contributed by atoms with E-state index in [0.717, 1.165) is 42.5 Å². The van der Waals surface area contributed by atoms with Crippen LogP contribution in [0.4, 0.5) is 0 Å². The highest BCUT2D eigenvalue weighted by Crippen LogP contribution is 2.36. The minimum absolute atomic E-state index is 0.106. The van der Waals surface area contributed by atoms with Gasteiger partial charge in [-0.1, -0.05) is 37.5 Å². The molecule has 7 heteroatoms. The summed E-state index contributed by atoms with van der Waals surface area (Å²) >= 11 is 0. The first-order chi connectivity index (χ1) is 15.9. The van der Waals surface area contributed by atoms with Crippen LogP contribution in [0.2, 0.25) is 0 Å². The number of nitrogens with zero attached hydrogens (tertiary/aromatic N) is 2. The smallest absolute Gasteiger partial charge is 0.271 e. The fourth-order valence-electron chi connectivity index (χ4n) is 5.30. The highest BCUT2D eigenvalue weighted by Gasteiger charge is 2.48. The van der Waals surface area contributed by atoms with E-state index in [-0.39, 0.29) is 24.4 Å². The molecule has 1 atom stereocenters. The van der Waals surface area contributed by atoms with Crippen LogP contribution in [0, 0.1) is 6.92 Å². The van der Waals surface area contributed by atoms with Crippen LogP contribution in [-0.2, 0) is 17.9 Å². The number of hydrogen-bond acceptors (Lipinski definition) is 4. The Labute approximate surface area is 193 Å². The van der Waals surface area contributed by atoms with Gasteiger partial charge in [0, 0.05) is 23.7 Å². The standard InChI is InChI=1S/C26H31N3O4/c1-17-13-20-23(33-17)14-21-24(30)29(15-18-9-7-8-12-22(18)32-3)26(2,16-28(20)21)25(31)27-19-10-5-4-6-11-19/h7-9,12-14,19H,4-6,10-11,15-16H2,1-3H3,(H,27,31). The molecule has 33 heavy (non-hydrogen) atoms. The summed E-state index contributed by atoms with van der Waals surface area (Å²) in [5, 5.41) is 3.27. The lowest BCUT2D eigenvalue weighted by atomic mass is 9.91. The fraction of sp³-hybridized carbons (Fsp3) is 0.462. The van der Waals surface area contributed by atoms with E-state index in [0.29, 0.717) is 23.6 Å². The van der Waals surface area contributed by atoms with E-state index in [9.17, 15) is 9.59 Å². The van der Waals surface area contributed by atoms with Crippen molar-refractivity contribution in [2.24, 2.45) is 0 Å². The number of furan rings is 1. The number of amides is 2. The molecule has 1 N–H and O–H groups in total. The maximum atomic E-state index is 13.8. The van der Waals surface area contributed by atoms with Gasteiger partial charge in [-0.15, -0.1) is 0 Å². The lowest BCUT2D eigenvalue weighted by Gasteiger charge is -2.45. The highest BCUT2D eigenvalue weighted by atomic mass is 16.5. The number of methoxy groups -OCH3 is 1. The molecule has 174 valence electrons. The summed E-state index contributed by atoms with van der Waals surface area (Å²) in [4.78, 5) is 29.3. The van der Waals surface area contributed by atoms with Gasteiger partial charge in [0.1, 0.15) is 22.7 Å². The molecule has 7 nitrogen and oxygen atoms in total. The van der Waals surface area contributed by atoms with Gasteiger partial charge in [-0.25, -0.2) is 0 Å². The van der Waals surface area contributed by atoms with Crippen LogP contribution in [0.3, 0.4) is 0 Å². The topological polar surface area (TPSA) is 76.7 Å². The summed E-state index contributed by atoms with van der Waals surface area (Å²) in [5.74, 6) is 1.20. The number of nitrogens with one attached hydrogen (secondary N) is 1. The Hall–Kier alpha value is -3.22. The molecular formula is C26H31N3O4. The first kappa shape index (κ1) is 21.6. The Morgan fingerprint density at radius 3 is 2.73 bits per heavy atom. The third-order valence-electron chi connectivity index (χ3n) is 7.19. The molecule has 0 bridgehead atoms. The van der Waals surface area contributed by atoms with Gasteiger partial charge in [0.25, 0.3) is 5.91 Å². The molecule has 0 saturated heterocycles. The van der Waals surface area contributed by atoms with E-state index in [4.69, 9.17) is 9.15 Å². The van der Waals surface area contributed by atoms with Gasteiger partial charge in [0.2, 0.25) is 5.91 Å². The Kier molecular flexibility index (Phi) is 5.43. The molecule has 1 unspecified atom stereocenters. The number of aromatic nitrogens is 1. The van der Waals surface area contributed by atoms with Gasteiger partial charge in [-0.3, -0.25) is 9.59 Å². The molecular weight excluding hydrogens is 418 g/mol. The molecule has 1 aromatic carbocycles. The van der Waals surface area contributed by atoms with Crippen LogP contribution in [-0.4, -0.2) is 40.0 Å². The third kappa shape index (κ3) is 3.69. The van der Waals surface area contributed by atoms with Crippen molar-refractivity contribution >= 4 is 22.9 Å². The summed E-state index contributed by atoms with van der Waals surface area (Å²) < 4.78 is 13.3. The monoisotopic (exact) mass is 449 g/mol. The number of hydrogen-bond donors (Lipinski definition) is 1. The SMILES string of the molecule is COc1ccccc1CN1C(=O)c2cc3oc(C)cc3n2CC1(C)C(=O)NC1CCCCC1. The molecule has 2 aliphatic rings. The van der Waals surface area contributed by atoms with Crippen molar-refractivity contribution in [3.05, 3.63) is 53.4 Å². The third-order valence-corrected chi connectivity index (χ3v) is 7.19. The van der Waals surface area contributed by atoms with E-state index in [1.54, 1.807) is 18.1 Å². The normalized spacial score (nSPS) is 21.3. The van der Waals surface area contributed by atoms with E-state index in [2.05, 4.69) is 5.32 Å². The van der Waals surface area contributed by atoms with E-state index in [1.165, 1.54) is 6.42 Å². The predicted molar refractivity (Wildman–Crippen MR) is 125 cm³/mol. The van der Waals surface area contributed by atoms with Crippen molar-refractivity contribution in [3.8, 4) is 5.75 Å². The van der Waals surface area contributed by atoms with Crippen LogP contribution in [0.1, 0.15) is 60.8 Å². The van der Waals surface area contributed by atoms with Crippen LogP contribution in [0.25, 0.3) is 11.1 Å². The minimum Gasteiger partial charge on any atom is -0.496 e. The zero-order chi connectivity index (χ0) is 23.2. The Balaban J connectivity index is 1.56. The van der Waals surface area contributed by atoms with Gasteiger partial charge in [0.15, 0.2) is 5.58 Å². The predicted octanol–water partition coefficient (Wildman–Crippen LogP) is 4.41. The van der Waals surface area contributed by atoms with Gasteiger partial charge < -0.3 is 23.9 Å². The lowest BCUT2D eigenvalue weighted by Crippen LogP contribution is -2.64. The molecule has 3 heterocycles. The second-order valence-corrected chi connectivity index (χ2v) is 9.51. The minimum atomic E-state index is -1.06. The molecule has 3 aromatic rings. The van der Waals surface area contributed by atoms with Crippen LogP contribution in [0.5, 0.6) is 5.75 Å². The molecule has 1 aliphatic heterocycles. The van der Waals surface area contributed by atoms with Crippen LogP contribution in [0.15, 0.2) is 40.8 Å². The molecule has 1 aliphatic carbocycles. The van der Waals surface area contributed by atoms with Gasteiger partial charge >= 0.3 is 0 Å². The van der Waals surface area contributed by atoms with Crippen molar-refractivity contribution in [3.63, 3.8) is 0 Å². The zero-order valence-electron chi connectivity index (χ0n) is 19.5. The molecule has 5 rings (SSSR count). The summed E-state index contributed by atoms with van der Waals surface area (Å²) in [6.45, 7) is 4.41. The summed E-state index contributed by atoms with van der Waals surface area (Å²) in [5.41, 5.74) is 1.88. The molecule has 2 amide bonds. The first-order valence-electron chi connectivity index (χ1n) is 11.8. The van der Waals surface area contributed by atoms with Crippen molar-refractivity contribution in [2.75, 3.05) is 7.11 Å². The quantitative estimate of drug-likeness (QED) is 0.626. The number of benzene rings is 1. The average molecular weight is 450 g/mol. The number of aryl methyl sites for hydroxylation is 1. The largest absolute Gasteiger partial charge is 0.496 e. The number of para-hydroxylation sites is 1. The van der Waals surface area contributed by atoms with Crippen molar-refractivity contribution in [2.45, 2.75) is 70.6 Å². The molecule has 1 fully saturated rings. The van der Waals surface area contributed by atoms with E-state index < -0.39 is 5.54 Å². The number of carbonyl (C=O) groups excluding carboxylic acids is 2. The highest BCUT2D eigenvalue weighted by molar-refractivity contribution is 6.03. The van der Waals surface area contributed by atoms with Crippen molar-refractivity contribution in [1.82, 2.24) is 14.8 Å².